The zero-order chi connectivity index (χ0) is 19.5. The van der Waals surface area contributed by atoms with Crippen molar-refractivity contribution in [3.8, 4) is 0 Å². The number of nitrogens with zero attached hydrogens (tertiary/aromatic N) is 1. The first-order chi connectivity index (χ1) is 13.0. The van der Waals surface area contributed by atoms with Crippen LogP contribution in [0.25, 0.3) is 0 Å². The van der Waals surface area contributed by atoms with Gasteiger partial charge in [0, 0.05) is 38.0 Å². The molecule has 2 fully saturated rings. The van der Waals surface area contributed by atoms with Gasteiger partial charge in [0.25, 0.3) is 0 Å². The number of ether oxygens (including phenoxy) is 1. The Morgan fingerprint density at radius 3 is 2.71 bits per heavy atom. The largest absolute Gasteiger partial charge is 0.377 e. The molecule has 0 aromatic rings. The summed E-state index contributed by atoms with van der Waals surface area (Å²) in [6.07, 6.45) is 7.91. The van der Waals surface area contributed by atoms with Crippen LogP contribution in [0.1, 0.15) is 51.9 Å². The molecular formula is C18H37IN4O3S2. The van der Waals surface area contributed by atoms with E-state index in [0.29, 0.717) is 30.3 Å². The highest BCUT2D eigenvalue weighted by molar-refractivity contribution is 14.0. The van der Waals surface area contributed by atoms with Crippen LogP contribution in [0.15, 0.2) is 4.99 Å². The molecule has 0 spiro atoms. The lowest BCUT2D eigenvalue weighted by molar-refractivity contribution is 0.0200. The van der Waals surface area contributed by atoms with Crippen molar-refractivity contribution in [3.05, 3.63) is 0 Å². The number of rotatable bonds is 9. The molecule has 166 valence electrons. The zero-order valence-electron chi connectivity index (χ0n) is 17.1. The summed E-state index contributed by atoms with van der Waals surface area (Å²) in [6, 6.07) is 0.409. The molecule has 1 aliphatic heterocycles. The first-order valence-electron chi connectivity index (χ1n) is 10.2. The maximum atomic E-state index is 12.2. The average Bonchev–Trinajstić information content (AvgIpc) is 2.67. The summed E-state index contributed by atoms with van der Waals surface area (Å²) in [4.78, 5) is 4.24. The van der Waals surface area contributed by atoms with E-state index in [1.807, 2.05) is 11.8 Å². The second-order valence-electron chi connectivity index (χ2n) is 7.24. The van der Waals surface area contributed by atoms with Crippen LogP contribution in [-0.2, 0) is 14.8 Å². The monoisotopic (exact) mass is 548 g/mol. The molecule has 1 heterocycles. The highest BCUT2D eigenvalue weighted by Gasteiger charge is 2.23. The van der Waals surface area contributed by atoms with E-state index in [-0.39, 0.29) is 35.8 Å². The van der Waals surface area contributed by atoms with Gasteiger partial charge in [0.05, 0.1) is 11.9 Å². The Morgan fingerprint density at radius 2 is 2.04 bits per heavy atom. The van der Waals surface area contributed by atoms with Crippen LogP contribution in [0.3, 0.4) is 0 Å². The molecule has 0 amide bonds. The number of aliphatic imine (C=N–C) groups is 1. The number of thioether (sulfide) groups is 1. The molecule has 3 unspecified atom stereocenters. The van der Waals surface area contributed by atoms with Crippen LogP contribution in [0, 0.1) is 0 Å². The highest BCUT2D eigenvalue weighted by Crippen LogP contribution is 2.28. The van der Waals surface area contributed by atoms with Crippen LogP contribution in [0.4, 0.5) is 0 Å². The van der Waals surface area contributed by atoms with E-state index in [1.54, 1.807) is 7.05 Å². The molecule has 28 heavy (non-hydrogen) atoms. The lowest BCUT2D eigenvalue weighted by Gasteiger charge is -2.30. The van der Waals surface area contributed by atoms with Crippen molar-refractivity contribution in [1.82, 2.24) is 15.4 Å². The number of sulfonamides is 1. The second-order valence-corrected chi connectivity index (χ2v) is 10.7. The molecule has 0 radical (unpaired) electrons. The van der Waals surface area contributed by atoms with Crippen LogP contribution in [0.5, 0.6) is 0 Å². The third-order valence-electron chi connectivity index (χ3n) is 5.06. The molecule has 0 aromatic heterocycles. The zero-order valence-corrected chi connectivity index (χ0v) is 21.1. The normalized spacial score (nSPS) is 26.4. The van der Waals surface area contributed by atoms with Crippen LogP contribution in [-0.4, -0.2) is 70.0 Å². The molecule has 3 atom stereocenters. The summed E-state index contributed by atoms with van der Waals surface area (Å²) in [6.45, 7) is 3.64. The molecule has 2 aliphatic rings. The SMILES string of the molecule is CCSC1CCCC(NC(=NC)NCCS(=O)(=O)NCC2CCCCO2)C1.I. The van der Waals surface area contributed by atoms with E-state index in [9.17, 15) is 8.42 Å². The lowest BCUT2D eigenvalue weighted by Crippen LogP contribution is -2.47. The van der Waals surface area contributed by atoms with Crippen molar-refractivity contribution in [2.45, 2.75) is 69.3 Å². The van der Waals surface area contributed by atoms with Crippen molar-refractivity contribution in [2.24, 2.45) is 4.99 Å². The minimum atomic E-state index is -3.31. The molecule has 0 bridgehead atoms. The summed E-state index contributed by atoms with van der Waals surface area (Å²) in [5.41, 5.74) is 0. The number of guanidine groups is 1. The summed E-state index contributed by atoms with van der Waals surface area (Å²) in [5, 5.41) is 7.31. The first kappa shape index (κ1) is 26.3. The van der Waals surface area contributed by atoms with Gasteiger partial charge in [0.15, 0.2) is 5.96 Å². The fourth-order valence-electron chi connectivity index (χ4n) is 3.62. The van der Waals surface area contributed by atoms with Crippen LogP contribution in [0.2, 0.25) is 0 Å². The van der Waals surface area contributed by atoms with Crippen molar-refractivity contribution < 1.29 is 13.2 Å². The Balaban J connectivity index is 0.00000392. The van der Waals surface area contributed by atoms with Crippen molar-refractivity contribution in [1.29, 1.82) is 0 Å². The van der Waals surface area contributed by atoms with Gasteiger partial charge in [-0.3, -0.25) is 4.99 Å². The van der Waals surface area contributed by atoms with Gasteiger partial charge in [-0.2, -0.15) is 11.8 Å². The molecule has 0 aromatic carbocycles. The van der Waals surface area contributed by atoms with Gasteiger partial charge < -0.3 is 15.4 Å². The minimum absolute atomic E-state index is 0. The predicted molar refractivity (Wildman–Crippen MR) is 129 cm³/mol. The van der Waals surface area contributed by atoms with Gasteiger partial charge in [0.1, 0.15) is 0 Å². The molecule has 2 rings (SSSR count). The van der Waals surface area contributed by atoms with E-state index in [4.69, 9.17) is 4.74 Å². The third-order valence-corrected chi connectivity index (χ3v) is 7.64. The van der Waals surface area contributed by atoms with Crippen molar-refractivity contribution in [2.75, 3.05) is 38.2 Å². The number of hydrogen-bond acceptors (Lipinski definition) is 5. The van der Waals surface area contributed by atoms with Gasteiger partial charge in [-0.15, -0.1) is 24.0 Å². The lowest BCUT2D eigenvalue weighted by atomic mass is 9.95. The Morgan fingerprint density at radius 1 is 1.21 bits per heavy atom. The Hall–Kier alpha value is 0.220. The van der Waals surface area contributed by atoms with Gasteiger partial charge in [0.2, 0.25) is 10.0 Å². The van der Waals surface area contributed by atoms with E-state index >= 15 is 0 Å². The van der Waals surface area contributed by atoms with Gasteiger partial charge in [-0.1, -0.05) is 13.3 Å². The maximum absolute atomic E-state index is 12.2. The fraction of sp³-hybridized carbons (Fsp3) is 0.944. The Bertz CT molecular complexity index is 555. The second kappa shape index (κ2) is 14.3. The Labute approximate surface area is 192 Å². The van der Waals surface area contributed by atoms with E-state index in [0.717, 1.165) is 44.5 Å². The van der Waals surface area contributed by atoms with Crippen molar-refractivity contribution >= 4 is 51.7 Å². The topological polar surface area (TPSA) is 91.8 Å². The number of nitrogens with one attached hydrogen (secondary N) is 3. The van der Waals surface area contributed by atoms with Gasteiger partial charge in [-0.25, -0.2) is 13.1 Å². The molecule has 7 nitrogen and oxygen atoms in total. The predicted octanol–water partition coefficient (Wildman–Crippen LogP) is 2.32. The standard InChI is InChI=1S/C18H36N4O3S2.HI/c1-3-26-17-9-6-7-15(13-17)22-18(19-2)20-10-12-27(23,24)21-14-16-8-4-5-11-25-16;/h15-17,21H,3-14H2,1-2H3,(H2,19,20,22);1H. The molecule has 1 aliphatic carbocycles. The van der Waals surface area contributed by atoms with Crippen LogP contribution < -0.4 is 15.4 Å². The fourth-order valence-corrected chi connectivity index (χ4v) is 5.74. The summed E-state index contributed by atoms with van der Waals surface area (Å²) in [5.74, 6) is 1.87. The summed E-state index contributed by atoms with van der Waals surface area (Å²) < 4.78 is 32.6. The molecule has 10 heteroatoms. The smallest absolute Gasteiger partial charge is 0.213 e. The highest BCUT2D eigenvalue weighted by atomic mass is 127. The average molecular weight is 549 g/mol. The molecule has 1 saturated heterocycles. The Kier molecular flexibility index (Phi) is 13.4. The third kappa shape index (κ3) is 10.3. The van der Waals surface area contributed by atoms with Gasteiger partial charge >= 0.3 is 0 Å². The molecule has 3 N–H and O–H groups in total. The number of hydrogen-bond donors (Lipinski definition) is 3. The van der Waals surface area contributed by atoms with Crippen molar-refractivity contribution in [3.63, 3.8) is 0 Å². The van der Waals surface area contributed by atoms with E-state index in [2.05, 4.69) is 27.3 Å². The number of halogens is 1. The minimum Gasteiger partial charge on any atom is -0.377 e. The first-order valence-corrected chi connectivity index (χ1v) is 12.9. The van der Waals surface area contributed by atoms with E-state index < -0.39 is 10.0 Å². The molecular weight excluding hydrogens is 511 g/mol. The molecule has 1 saturated carbocycles. The van der Waals surface area contributed by atoms with Gasteiger partial charge in [-0.05, 0) is 44.3 Å². The van der Waals surface area contributed by atoms with E-state index in [1.165, 1.54) is 12.8 Å². The van der Waals surface area contributed by atoms with Crippen LogP contribution >= 0.6 is 35.7 Å². The maximum Gasteiger partial charge on any atom is 0.213 e. The summed E-state index contributed by atoms with van der Waals surface area (Å²) in [7, 11) is -1.59. The summed E-state index contributed by atoms with van der Waals surface area (Å²) >= 11 is 2.03. The quantitative estimate of drug-likeness (QED) is 0.233.